The van der Waals surface area contributed by atoms with E-state index in [-0.39, 0.29) is 0 Å². The number of rotatable bonds is 7. The molecule has 0 aromatic rings. The molecule has 0 radical (unpaired) electrons. The fraction of sp³-hybridized carbons (Fsp3) is 1.00. The number of hydrogen-bond acceptors (Lipinski definition) is 3. The van der Waals surface area contributed by atoms with E-state index in [4.69, 9.17) is 0 Å². The first-order chi connectivity index (χ1) is 7.68. The third-order valence-electron chi connectivity index (χ3n) is 3.31. The third-order valence-corrected chi connectivity index (χ3v) is 3.31. The molecule has 3 nitrogen and oxygen atoms in total. The molecule has 96 valence electrons. The van der Waals surface area contributed by atoms with Crippen LogP contribution in [0.4, 0.5) is 0 Å². The number of nitrogens with zero attached hydrogens (tertiary/aromatic N) is 2. The predicted octanol–water partition coefficient (Wildman–Crippen LogP) is 1.26. The normalized spacial score (nSPS) is 18.6. The molecule has 1 N–H and O–H groups in total. The van der Waals surface area contributed by atoms with E-state index in [9.17, 15) is 0 Å². The van der Waals surface area contributed by atoms with Gasteiger partial charge in [0.2, 0.25) is 0 Å². The summed E-state index contributed by atoms with van der Waals surface area (Å²) in [6.07, 6.45) is 2.64. The Bertz CT molecular complexity index is 165. The Kier molecular flexibility index (Phi) is 7.01. The maximum atomic E-state index is 3.39. The van der Waals surface area contributed by atoms with Gasteiger partial charge in [0.05, 0.1) is 0 Å². The van der Waals surface area contributed by atoms with Gasteiger partial charge >= 0.3 is 0 Å². The lowest BCUT2D eigenvalue weighted by atomic mass is 10.1. The van der Waals surface area contributed by atoms with E-state index in [0.717, 1.165) is 5.92 Å². The SMILES string of the molecule is CC(C)CCN(C)CCCN1CCNCC1. The summed E-state index contributed by atoms with van der Waals surface area (Å²) in [5.41, 5.74) is 0. The summed E-state index contributed by atoms with van der Waals surface area (Å²) < 4.78 is 0. The van der Waals surface area contributed by atoms with Crippen molar-refractivity contribution in [1.82, 2.24) is 15.1 Å². The van der Waals surface area contributed by atoms with E-state index < -0.39 is 0 Å². The Hall–Kier alpha value is -0.120. The van der Waals surface area contributed by atoms with Gasteiger partial charge < -0.3 is 15.1 Å². The van der Waals surface area contributed by atoms with Crippen molar-refractivity contribution in [1.29, 1.82) is 0 Å². The second-order valence-corrected chi connectivity index (χ2v) is 5.43. The molecule has 1 aliphatic rings. The first kappa shape index (κ1) is 13.9. The van der Waals surface area contributed by atoms with Gasteiger partial charge in [0.25, 0.3) is 0 Å². The first-order valence-electron chi connectivity index (χ1n) is 6.80. The maximum Gasteiger partial charge on any atom is 0.0107 e. The highest BCUT2D eigenvalue weighted by molar-refractivity contribution is 4.67. The van der Waals surface area contributed by atoms with Gasteiger partial charge in [0.15, 0.2) is 0 Å². The maximum absolute atomic E-state index is 3.39. The summed E-state index contributed by atoms with van der Waals surface area (Å²) in [5.74, 6) is 0.829. The van der Waals surface area contributed by atoms with Gasteiger partial charge in [-0.05, 0) is 45.4 Å². The zero-order valence-electron chi connectivity index (χ0n) is 11.3. The molecule has 0 saturated carbocycles. The summed E-state index contributed by atoms with van der Waals surface area (Å²) in [4.78, 5) is 5.05. The topological polar surface area (TPSA) is 18.5 Å². The average Bonchev–Trinajstić information content (AvgIpc) is 2.28. The molecule has 0 spiro atoms. The van der Waals surface area contributed by atoms with Gasteiger partial charge in [-0.15, -0.1) is 0 Å². The van der Waals surface area contributed by atoms with Crippen molar-refractivity contribution in [3.63, 3.8) is 0 Å². The summed E-state index contributed by atoms with van der Waals surface area (Å²) in [5, 5.41) is 3.39. The van der Waals surface area contributed by atoms with E-state index in [2.05, 4.69) is 36.0 Å². The van der Waals surface area contributed by atoms with Gasteiger partial charge in [-0.3, -0.25) is 0 Å². The molecule has 0 aliphatic carbocycles. The van der Waals surface area contributed by atoms with Crippen LogP contribution in [0, 0.1) is 5.92 Å². The van der Waals surface area contributed by atoms with E-state index in [0.29, 0.717) is 0 Å². The lowest BCUT2D eigenvalue weighted by Crippen LogP contribution is -2.44. The molecule has 16 heavy (non-hydrogen) atoms. The second-order valence-electron chi connectivity index (χ2n) is 5.43. The van der Waals surface area contributed by atoms with E-state index in [1.807, 2.05) is 0 Å². The molecule has 0 unspecified atom stereocenters. The molecule has 1 heterocycles. The zero-order chi connectivity index (χ0) is 11.8. The van der Waals surface area contributed by atoms with Gasteiger partial charge in [0, 0.05) is 26.2 Å². The van der Waals surface area contributed by atoms with Crippen LogP contribution in [0.1, 0.15) is 26.7 Å². The summed E-state index contributed by atoms with van der Waals surface area (Å²) in [7, 11) is 2.25. The van der Waals surface area contributed by atoms with Crippen LogP contribution in [0.5, 0.6) is 0 Å². The van der Waals surface area contributed by atoms with Crippen molar-refractivity contribution in [2.24, 2.45) is 5.92 Å². The molecule has 1 fully saturated rings. The zero-order valence-corrected chi connectivity index (χ0v) is 11.3. The van der Waals surface area contributed by atoms with Crippen LogP contribution in [-0.4, -0.2) is 62.7 Å². The van der Waals surface area contributed by atoms with Crippen LogP contribution < -0.4 is 5.32 Å². The molecule has 1 saturated heterocycles. The molecule has 1 rings (SSSR count). The summed E-state index contributed by atoms with van der Waals surface area (Å²) >= 11 is 0. The fourth-order valence-corrected chi connectivity index (χ4v) is 2.09. The molecule has 1 aliphatic heterocycles. The Morgan fingerprint density at radius 2 is 1.88 bits per heavy atom. The molecule has 0 atom stereocenters. The number of hydrogen-bond donors (Lipinski definition) is 1. The van der Waals surface area contributed by atoms with E-state index in [1.54, 1.807) is 0 Å². The predicted molar refractivity (Wildman–Crippen MR) is 70.9 cm³/mol. The minimum Gasteiger partial charge on any atom is -0.314 e. The van der Waals surface area contributed by atoms with Crippen LogP contribution in [0.25, 0.3) is 0 Å². The Labute approximate surface area is 101 Å². The van der Waals surface area contributed by atoms with Crippen molar-refractivity contribution in [3.8, 4) is 0 Å². The third kappa shape index (κ3) is 6.46. The van der Waals surface area contributed by atoms with Crippen molar-refractivity contribution in [3.05, 3.63) is 0 Å². The van der Waals surface area contributed by atoms with Crippen molar-refractivity contribution in [2.45, 2.75) is 26.7 Å². The average molecular weight is 227 g/mol. The monoisotopic (exact) mass is 227 g/mol. The number of piperazine rings is 1. The summed E-state index contributed by atoms with van der Waals surface area (Å²) in [6, 6.07) is 0. The highest BCUT2D eigenvalue weighted by atomic mass is 15.2. The van der Waals surface area contributed by atoms with Crippen molar-refractivity contribution >= 4 is 0 Å². The van der Waals surface area contributed by atoms with Crippen LogP contribution in [0.2, 0.25) is 0 Å². The highest BCUT2D eigenvalue weighted by Gasteiger charge is 2.09. The Balaban J connectivity index is 1.96. The van der Waals surface area contributed by atoms with Gasteiger partial charge in [-0.25, -0.2) is 0 Å². The minimum atomic E-state index is 0.829. The second kappa shape index (κ2) is 8.04. The molecule has 0 aromatic heterocycles. The minimum absolute atomic E-state index is 0.829. The lowest BCUT2D eigenvalue weighted by Gasteiger charge is -2.28. The van der Waals surface area contributed by atoms with Crippen LogP contribution >= 0.6 is 0 Å². The summed E-state index contributed by atoms with van der Waals surface area (Å²) in [6.45, 7) is 13.2. The molecule has 0 amide bonds. The first-order valence-corrected chi connectivity index (χ1v) is 6.80. The van der Waals surface area contributed by atoms with Gasteiger partial charge in [0.1, 0.15) is 0 Å². The largest absolute Gasteiger partial charge is 0.314 e. The van der Waals surface area contributed by atoms with Gasteiger partial charge in [-0.1, -0.05) is 13.8 Å². The molecular weight excluding hydrogens is 198 g/mol. The van der Waals surface area contributed by atoms with Crippen LogP contribution in [0.3, 0.4) is 0 Å². The van der Waals surface area contributed by atoms with Crippen molar-refractivity contribution in [2.75, 3.05) is 52.9 Å². The van der Waals surface area contributed by atoms with Gasteiger partial charge in [-0.2, -0.15) is 0 Å². The standard InChI is InChI=1S/C13H29N3/c1-13(2)5-10-15(3)8-4-9-16-11-6-14-7-12-16/h13-14H,4-12H2,1-3H3. The van der Waals surface area contributed by atoms with Crippen LogP contribution in [-0.2, 0) is 0 Å². The molecule has 3 heteroatoms. The van der Waals surface area contributed by atoms with Crippen molar-refractivity contribution < 1.29 is 0 Å². The fourth-order valence-electron chi connectivity index (χ4n) is 2.09. The van der Waals surface area contributed by atoms with E-state index in [1.165, 1.54) is 58.7 Å². The number of nitrogens with one attached hydrogen (secondary N) is 1. The molecule has 0 aromatic carbocycles. The Morgan fingerprint density at radius 3 is 2.50 bits per heavy atom. The lowest BCUT2D eigenvalue weighted by molar-refractivity contribution is 0.219. The quantitative estimate of drug-likeness (QED) is 0.706. The molecule has 0 bridgehead atoms. The highest BCUT2D eigenvalue weighted by Crippen LogP contribution is 2.01. The van der Waals surface area contributed by atoms with E-state index >= 15 is 0 Å². The van der Waals surface area contributed by atoms with Crippen LogP contribution in [0.15, 0.2) is 0 Å². The Morgan fingerprint density at radius 1 is 1.19 bits per heavy atom. The molecular formula is C13H29N3. The smallest absolute Gasteiger partial charge is 0.0107 e.